The molecule has 4 nitrogen and oxygen atoms in total. The second kappa shape index (κ2) is 6.73. The summed E-state index contributed by atoms with van der Waals surface area (Å²) >= 11 is 7.60. The van der Waals surface area contributed by atoms with Gasteiger partial charge in [0.1, 0.15) is 0 Å². The van der Waals surface area contributed by atoms with Crippen LogP contribution in [0.4, 0.5) is 5.95 Å². The molecule has 1 saturated heterocycles. The SMILES string of the molecule is CC(NC1CCN(c2ncccn2)CC1)c1csc(Cl)c1. The largest absolute Gasteiger partial charge is 0.341 e. The van der Waals surface area contributed by atoms with Crippen LogP contribution >= 0.6 is 22.9 Å². The molecule has 6 heteroatoms. The van der Waals surface area contributed by atoms with Gasteiger partial charge in [-0.15, -0.1) is 11.3 Å². The number of rotatable bonds is 4. The van der Waals surface area contributed by atoms with Gasteiger partial charge in [-0.2, -0.15) is 0 Å². The van der Waals surface area contributed by atoms with Crippen LogP contribution in [0.3, 0.4) is 0 Å². The Morgan fingerprint density at radius 1 is 1.33 bits per heavy atom. The van der Waals surface area contributed by atoms with Crippen molar-refractivity contribution in [2.24, 2.45) is 0 Å². The molecular formula is C15H19ClN4S. The van der Waals surface area contributed by atoms with Gasteiger partial charge in [0, 0.05) is 37.6 Å². The maximum atomic E-state index is 6.00. The quantitative estimate of drug-likeness (QED) is 0.935. The van der Waals surface area contributed by atoms with E-state index in [1.165, 1.54) is 5.56 Å². The van der Waals surface area contributed by atoms with E-state index >= 15 is 0 Å². The number of nitrogens with zero attached hydrogens (tertiary/aromatic N) is 3. The van der Waals surface area contributed by atoms with E-state index in [2.05, 4.69) is 38.6 Å². The van der Waals surface area contributed by atoms with Crippen molar-refractivity contribution in [3.05, 3.63) is 39.8 Å². The number of anilines is 1. The van der Waals surface area contributed by atoms with E-state index in [-0.39, 0.29) is 0 Å². The minimum atomic E-state index is 0.346. The summed E-state index contributed by atoms with van der Waals surface area (Å²) in [5, 5.41) is 5.83. The summed E-state index contributed by atoms with van der Waals surface area (Å²) in [6.07, 6.45) is 5.82. The van der Waals surface area contributed by atoms with Crippen molar-refractivity contribution in [1.29, 1.82) is 0 Å². The smallest absolute Gasteiger partial charge is 0.225 e. The zero-order valence-corrected chi connectivity index (χ0v) is 13.6. The lowest BCUT2D eigenvalue weighted by Crippen LogP contribution is -2.43. The molecule has 0 aromatic carbocycles. The molecule has 0 radical (unpaired) electrons. The fourth-order valence-corrected chi connectivity index (χ4v) is 3.69. The molecule has 1 atom stereocenters. The third kappa shape index (κ3) is 3.73. The van der Waals surface area contributed by atoms with Crippen molar-refractivity contribution in [2.45, 2.75) is 31.8 Å². The van der Waals surface area contributed by atoms with E-state index in [1.54, 1.807) is 23.7 Å². The van der Waals surface area contributed by atoms with Crippen molar-refractivity contribution in [1.82, 2.24) is 15.3 Å². The van der Waals surface area contributed by atoms with E-state index in [4.69, 9.17) is 11.6 Å². The molecule has 0 aliphatic carbocycles. The van der Waals surface area contributed by atoms with Crippen molar-refractivity contribution in [2.75, 3.05) is 18.0 Å². The summed E-state index contributed by atoms with van der Waals surface area (Å²) in [6.45, 7) is 4.20. The fraction of sp³-hybridized carbons (Fsp3) is 0.467. The van der Waals surface area contributed by atoms with Crippen LogP contribution in [0.2, 0.25) is 4.34 Å². The minimum Gasteiger partial charge on any atom is -0.341 e. The Labute approximate surface area is 134 Å². The Balaban J connectivity index is 1.52. The summed E-state index contributed by atoms with van der Waals surface area (Å²) in [4.78, 5) is 10.9. The number of hydrogen-bond acceptors (Lipinski definition) is 5. The summed E-state index contributed by atoms with van der Waals surface area (Å²) in [6, 6.07) is 4.79. The van der Waals surface area contributed by atoms with Gasteiger partial charge in [0.25, 0.3) is 0 Å². The summed E-state index contributed by atoms with van der Waals surface area (Å²) in [7, 11) is 0. The average Bonchev–Trinajstić information content (AvgIpc) is 2.96. The molecule has 3 rings (SSSR count). The summed E-state index contributed by atoms with van der Waals surface area (Å²) in [5.41, 5.74) is 1.28. The van der Waals surface area contributed by atoms with Gasteiger partial charge < -0.3 is 10.2 Å². The van der Waals surface area contributed by atoms with E-state index < -0.39 is 0 Å². The van der Waals surface area contributed by atoms with E-state index in [1.807, 2.05) is 6.07 Å². The number of piperidine rings is 1. The van der Waals surface area contributed by atoms with Gasteiger partial charge in [0.05, 0.1) is 4.34 Å². The Bertz CT molecular complexity index is 566. The molecule has 1 aliphatic heterocycles. The highest BCUT2D eigenvalue weighted by Gasteiger charge is 2.22. The summed E-state index contributed by atoms with van der Waals surface area (Å²) < 4.78 is 0.856. The lowest BCUT2D eigenvalue weighted by molar-refractivity contribution is 0.379. The van der Waals surface area contributed by atoms with Crippen molar-refractivity contribution in [3.63, 3.8) is 0 Å². The molecule has 2 aromatic rings. The highest BCUT2D eigenvalue weighted by atomic mass is 35.5. The zero-order chi connectivity index (χ0) is 14.7. The average molecular weight is 323 g/mol. The lowest BCUT2D eigenvalue weighted by atomic mass is 10.0. The van der Waals surface area contributed by atoms with Crippen LogP contribution in [0, 0.1) is 0 Å². The maximum Gasteiger partial charge on any atom is 0.225 e. The first-order chi connectivity index (χ1) is 10.2. The first-order valence-corrected chi connectivity index (χ1v) is 8.50. The van der Waals surface area contributed by atoms with Gasteiger partial charge in [-0.25, -0.2) is 9.97 Å². The van der Waals surface area contributed by atoms with Crippen molar-refractivity contribution >= 4 is 28.9 Å². The molecule has 0 bridgehead atoms. The standard InChI is InChI=1S/C15H19ClN4S/c1-11(12-9-14(16)21-10-12)19-13-3-7-20(8-4-13)15-17-5-2-6-18-15/h2,5-6,9-11,13,19H,3-4,7-8H2,1H3. The molecule has 1 aliphatic rings. The van der Waals surface area contributed by atoms with Gasteiger partial charge in [-0.1, -0.05) is 11.6 Å². The molecule has 21 heavy (non-hydrogen) atoms. The Morgan fingerprint density at radius 2 is 2.05 bits per heavy atom. The van der Waals surface area contributed by atoms with Crippen LogP contribution in [-0.4, -0.2) is 29.1 Å². The highest BCUT2D eigenvalue weighted by molar-refractivity contribution is 7.14. The van der Waals surface area contributed by atoms with Gasteiger partial charge in [-0.3, -0.25) is 0 Å². The molecule has 0 amide bonds. The lowest BCUT2D eigenvalue weighted by Gasteiger charge is -2.33. The van der Waals surface area contributed by atoms with Crippen LogP contribution in [0.5, 0.6) is 0 Å². The van der Waals surface area contributed by atoms with Gasteiger partial charge >= 0.3 is 0 Å². The molecule has 1 unspecified atom stereocenters. The molecule has 0 spiro atoms. The van der Waals surface area contributed by atoms with Crippen LogP contribution in [-0.2, 0) is 0 Å². The molecule has 1 N–H and O–H groups in total. The first-order valence-electron chi connectivity index (χ1n) is 7.24. The highest BCUT2D eigenvalue weighted by Crippen LogP contribution is 2.26. The van der Waals surface area contributed by atoms with Gasteiger partial charge in [0.15, 0.2) is 0 Å². The van der Waals surface area contributed by atoms with E-state index in [0.29, 0.717) is 12.1 Å². The number of hydrogen-bond donors (Lipinski definition) is 1. The van der Waals surface area contributed by atoms with E-state index in [9.17, 15) is 0 Å². The number of nitrogens with one attached hydrogen (secondary N) is 1. The van der Waals surface area contributed by atoms with Crippen LogP contribution < -0.4 is 10.2 Å². The molecule has 2 aromatic heterocycles. The topological polar surface area (TPSA) is 41.0 Å². The predicted octanol–water partition coefficient (Wildman–Crippen LogP) is 3.51. The fourth-order valence-electron chi connectivity index (χ4n) is 2.70. The monoisotopic (exact) mass is 322 g/mol. The predicted molar refractivity (Wildman–Crippen MR) is 88.1 cm³/mol. The minimum absolute atomic E-state index is 0.346. The van der Waals surface area contributed by atoms with E-state index in [0.717, 1.165) is 36.2 Å². The number of halogens is 1. The molecule has 1 fully saturated rings. The second-order valence-electron chi connectivity index (χ2n) is 5.38. The number of aromatic nitrogens is 2. The maximum absolute atomic E-state index is 6.00. The Kier molecular flexibility index (Phi) is 4.73. The Hall–Kier alpha value is -1.17. The summed E-state index contributed by atoms with van der Waals surface area (Å²) in [5.74, 6) is 0.841. The second-order valence-corrected chi connectivity index (χ2v) is 6.93. The molecular weight excluding hydrogens is 304 g/mol. The van der Waals surface area contributed by atoms with Crippen LogP contribution in [0.1, 0.15) is 31.4 Å². The van der Waals surface area contributed by atoms with Gasteiger partial charge in [0.2, 0.25) is 5.95 Å². The van der Waals surface area contributed by atoms with Crippen molar-refractivity contribution < 1.29 is 0 Å². The third-order valence-corrected chi connectivity index (χ3v) is 5.01. The normalized spacial score (nSPS) is 17.9. The van der Waals surface area contributed by atoms with Gasteiger partial charge in [-0.05, 0) is 42.8 Å². The Morgan fingerprint density at radius 3 is 2.67 bits per heavy atom. The van der Waals surface area contributed by atoms with Crippen molar-refractivity contribution in [3.8, 4) is 0 Å². The van der Waals surface area contributed by atoms with Crippen LogP contribution in [0.25, 0.3) is 0 Å². The third-order valence-electron chi connectivity index (χ3n) is 3.90. The number of thiophene rings is 1. The molecule has 0 saturated carbocycles. The molecule has 112 valence electrons. The molecule has 3 heterocycles. The first kappa shape index (κ1) is 14.8. The van der Waals surface area contributed by atoms with Crippen LogP contribution in [0.15, 0.2) is 29.9 Å². The zero-order valence-electron chi connectivity index (χ0n) is 12.0.